The van der Waals surface area contributed by atoms with E-state index >= 15 is 0 Å². The normalized spacial score (nSPS) is 22.0. The first kappa shape index (κ1) is 20.5. The zero-order chi connectivity index (χ0) is 21.2. The van der Waals surface area contributed by atoms with Gasteiger partial charge in [0.15, 0.2) is 0 Å². The topological polar surface area (TPSA) is 32.8 Å². The minimum absolute atomic E-state index is 0.340. The van der Waals surface area contributed by atoms with Gasteiger partial charge in [0.1, 0.15) is 5.75 Å². The van der Waals surface area contributed by atoms with E-state index in [1.807, 2.05) is 23.5 Å². The first-order valence-electron chi connectivity index (χ1n) is 11.3. The molecule has 0 aliphatic carbocycles. The molecular weight excluding hydrogens is 404 g/mol. The molecule has 5 rings (SSSR count). The summed E-state index contributed by atoms with van der Waals surface area (Å²) in [5.74, 6) is 1.81. The highest BCUT2D eigenvalue weighted by Gasteiger charge is 2.39. The van der Waals surface area contributed by atoms with Crippen LogP contribution >= 0.6 is 11.3 Å². The largest absolute Gasteiger partial charge is 0.497 e. The number of hydrogen-bond acceptors (Lipinski definition) is 4. The summed E-state index contributed by atoms with van der Waals surface area (Å²) in [5.41, 5.74) is 1.26. The molecule has 5 heteroatoms. The number of nitrogens with zero attached hydrogens (tertiary/aromatic N) is 2. The number of fused-ring (bicyclic) bond motifs is 2. The number of thiophene rings is 1. The van der Waals surface area contributed by atoms with Crippen molar-refractivity contribution in [3.8, 4) is 5.75 Å². The van der Waals surface area contributed by atoms with Crippen molar-refractivity contribution in [2.24, 2.45) is 5.92 Å². The Hall–Kier alpha value is -2.37. The van der Waals surface area contributed by atoms with Crippen LogP contribution in [0.25, 0.3) is 10.1 Å². The Morgan fingerprint density at radius 2 is 1.94 bits per heavy atom. The Morgan fingerprint density at radius 1 is 1.10 bits per heavy atom. The molecule has 0 bridgehead atoms. The molecule has 0 unspecified atom stereocenters. The van der Waals surface area contributed by atoms with E-state index in [-0.39, 0.29) is 0 Å². The first-order valence-corrected chi connectivity index (χ1v) is 12.1. The zero-order valence-corrected chi connectivity index (χ0v) is 18.9. The maximum absolute atomic E-state index is 12.7. The summed E-state index contributed by atoms with van der Waals surface area (Å²) in [6, 6.07) is 19.6. The lowest BCUT2D eigenvalue weighted by Crippen LogP contribution is -2.56. The standard InChI is InChI=1S/C26H30N2O2S/c1-30-22-9-6-19(7-10-22)12-15-28-24-13-14-27(17-21(24)8-11-26(28)29)18-23-16-20-4-2-3-5-25(20)31-23/h2-7,9-10,16,21,24H,8,11-15,17-18H2,1H3/t21-,24+/m1/s1. The molecule has 4 nitrogen and oxygen atoms in total. The lowest BCUT2D eigenvalue weighted by Gasteiger charge is -2.47. The molecule has 1 aromatic heterocycles. The Morgan fingerprint density at radius 3 is 2.74 bits per heavy atom. The lowest BCUT2D eigenvalue weighted by atomic mass is 9.83. The summed E-state index contributed by atoms with van der Waals surface area (Å²) in [4.78, 5) is 19.0. The van der Waals surface area contributed by atoms with E-state index in [0.29, 0.717) is 24.3 Å². The van der Waals surface area contributed by atoms with Gasteiger partial charge in [-0.25, -0.2) is 0 Å². The quantitative estimate of drug-likeness (QED) is 0.549. The maximum Gasteiger partial charge on any atom is 0.222 e. The van der Waals surface area contributed by atoms with Crippen molar-refractivity contribution in [2.75, 3.05) is 26.7 Å². The van der Waals surface area contributed by atoms with Gasteiger partial charge in [0.05, 0.1) is 7.11 Å². The molecule has 2 aromatic carbocycles. The fourth-order valence-electron chi connectivity index (χ4n) is 5.24. The van der Waals surface area contributed by atoms with Gasteiger partial charge in [-0.2, -0.15) is 0 Å². The number of rotatable bonds is 6. The molecule has 2 atom stereocenters. The number of methoxy groups -OCH3 is 1. The summed E-state index contributed by atoms with van der Waals surface area (Å²) in [6.07, 6.45) is 3.72. The number of benzene rings is 2. The fraction of sp³-hybridized carbons (Fsp3) is 0.423. The van der Waals surface area contributed by atoms with Crippen molar-refractivity contribution in [3.63, 3.8) is 0 Å². The third kappa shape index (κ3) is 4.48. The van der Waals surface area contributed by atoms with Crippen LogP contribution in [-0.4, -0.2) is 48.5 Å². The molecule has 0 saturated carbocycles. The van der Waals surface area contributed by atoms with Crippen LogP contribution in [0.3, 0.4) is 0 Å². The van der Waals surface area contributed by atoms with E-state index in [4.69, 9.17) is 4.74 Å². The van der Waals surface area contributed by atoms with Crippen LogP contribution in [0.1, 0.15) is 29.7 Å². The van der Waals surface area contributed by atoms with Gasteiger partial charge in [0.2, 0.25) is 5.91 Å². The third-order valence-corrected chi connectivity index (χ3v) is 7.98. The van der Waals surface area contributed by atoms with Crippen LogP contribution < -0.4 is 4.74 Å². The van der Waals surface area contributed by atoms with Gasteiger partial charge < -0.3 is 9.64 Å². The average molecular weight is 435 g/mol. The van der Waals surface area contributed by atoms with Crippen LogP contribution in [0.15, 0.2) is 54.6 Å². The maximum atomic E-state index is 12.7. The average Bonchev–Trinajstić information content (AvgIpc) is 3.21. The van der Waals surface area contributed by atoms with Crippen LogP contribution in [-0.2, 0) is 17.8 Å². The van der Waals surface area contributed by atoms with Crippen molar-refractivity contribution < 1.29 is 9.53 Å². The fourth-order valence-corrected chi connectivity index (χ4v) is 6.34. The van der Waals surface area contributed by atoms with Gasteiger partial charge >= 0.3 is 0 Å². The van der Waals surface area contributed by atoms with E-state index in [2.05, 4.69) is 52.3 Å². The van der Waals surface area contributed by atoms with E-state index in [9.17, 15) is 4.79 Å². The Labute approximate surface area is 188 Å². The van der Waals surface area contributed by atoms with E-state index in [1.165, 1.54) is 20.5 Å². The first-order chi connectivity index (χ1) is 15.2. The number of carbonyl (C=O) groups is 1. The molecule has 0 radical (unpaired) electrons. The summed E-state index contributed by atoms with van der Waals surface area (Å²) < 4.78 is 6.63. The zero-order valence-electron chi connectivity index (χ0n) is 18.1. The number of piperidine rings is 2. The molecule has 0 N–H and O–H groups in total. The van der Waals surface area contributed by atoms with E-state index in [0.717, 1.165) is 51.2 Å². The number of hydrogen-bond donors (Lipinski definition) is 0. The molecule has 2 aliphatic rings. The second kappa shape index (κ2) is 9.01. The molecule has 1 amide bonds. The molecule has 162 valence electrons. The summed E-state index contributed by atoms with van der Waals surface area (Å²) in [5, 5.41) is 1.35. The summed E-state index contributed by atoms with van der Waals surface area (Å²) >= 11 is 1.91. The van der Waals surface area contributed by atoms with Crippen molar-refractivity contribution >= 4 is 27.3 Å². The molecule has 3 heterocycles. The van der Waals surface area contributed by atoms with Crippen LogP contribution in [0.5, 0.6) is 5.75 Å². The highest BCUT2D eigenvalue weighted by molar-refractivity contribution is 7.19. The highest BCUT2D eigenvalue weighted by Crippen LogP contribution is 2.33. The second-order valence-electron chi connectivity index (χ2n) is 8.83. The predicted octanol–water partition coefficient (Wildman–Crippen LogP) is 4.97. The van der Waals surface area contributed by atoms with Crippen molar-refractivity contribution in [1.29, 1.82) is 0 Å². The molecule has 31 heavy (non-hydrogen) atoms. The Balaban J connectivity index is 1.21. The van der Waals surface area contributed by atoms with Crippen LogP contribution in [0, 0.1) is 5.92 Å². The SMILES string of the molecule is COc1ccc(CCN2C(=O)CC[C@@H]3CN(Cc4cc5ccccc5s4)CC[C@@H]32)cc1. The minimum atomic E-state index is 0.340. The van der Waals surface area contributed by atoms with Crippen molar-refractivity contribution in [3.05, 3.63) is 65.0 Å². The second-order valence-corrected chi connectivity index (χ2v) is 9.99. The molecule has 2 fully saturated rings. The Kier molecular flexibility index (Phi) is 5.97. The molecule has 3 aromatic rings. The number of carbonyl (C=O) groups excluding carboxylic acids is 1. The Bertz CT molecular complexity index is 1010. The molecular formula is C26H30N2O2S. The third-order valence-electron chi connectivity index (χ3n) is 6.88. The van der Waals surface area contributed by atoms with Gasteiger partial charge in [-0.3, -0.25) is 9.69 Å². The lowest BCUT2D eigenvalue weighted by molar-refractivity contribution is -0.141. The van der Waals surface area contributed by atoms with Crippen LogP contribution in [0.4, 0.5) is 0 Å². The number of likely N-dealkylation sites (tertiary alicyclic amines) is 2. The molecule has 2 aliphatic heterocycles. The monoisotopic (exact) mass is 434 g/mol. The predicted molar refractivity (Wildman–Crippen MR) is 127 cm³/mol. The number of amides is 1. The van der Waals surface area contributed by atoms with Crippen molar-refractivity contribution in [2.45, 2.75) is 38.3 Å². The van der Waals surface area contributed by atoms with Crippen molar-refractivity contribution in [1.82, 2.24) is 9.80 Å². The molecule has 2 saturated heterocycles. The van der Waals surface area contributed by atoms with Crippen LogP contribution in [0.2, 0.25) is 0 Å². The van der Waals surface area contributed by atoms with Gasteiger partial charge in [-0.15, -0.1) is 11.3 Å². The number of ether oxygens (including phenoxy) is 1. The summed E-state index contributed by atoms with van der Waals surface area (Å²) in [7, 11) is 1.69. The van der Waals surface area contributed by atoms with Gasteiger partial charge in [-0.1, -0.05) is 30.3 Å². The summed E-state index contributed by atoms with van der Waals surface area (Å²) in [6.45, 7) is 4.03. The van der Waals surface area contributed by atoms with Gasteiger partial charge in [0.25, 0.3) is 0 Å². The highest BCUT2D eigenvalue weighted by atomic mass is 32.1. The molecule has 0 spiro atoms. The van der Waals surface area contributed by atoms with E-state index < -0.39 is 0 Å². The van der Waals surface area contributed by atoms with Gasteiger partial charge in [-0.05, 0) is 60.4 Å². The van der Waals surface area contributed by atoms with Gasteiger partial charge in [0, 0.05) is 48.2 Å². The van der Waals surface area contributed by atoms with E-state index in [1.54, 1.807) is 7.11 Å². The minimum Gasteiger partial charge on any atom is -0.497 e. The smallest absolute Gasteiger partial charge is 0.222 e.